The molecule has 0 heterocycles. The summed E-state index contributed by atoms with van der Waals surface area (Å²) in [6.45, 7) is 4.25. The molecule has 4 aromatic rings. The predicted octanol–water partition coefficient (Wildman–Crippen LogP) is 7.24. The van der Waals surface area contributed by atoms with Gasteiger partial charge in [-0.05, 0) is 96.5 Å². The predicted molar refractivity (Wildman–Crippen MR) is 138 cm³/mol. The van der Waals surface area contributed by atoms with Crippen molar-refractivity contribution >= 4 is 33.8 Å². The number of rotatable bonds is 2. The zero-order valence-corrected chi connectivity index (χ0v) is 18.9. The summed E-state index contributed by atoms with van der Waals surface area (Å²) in [7, 11) is 0. The second-order valence-corrected chi connectivity index (χ2v) is 7.72. The first-order valence-corrected chi connectivity index (χ1v) is 10.9. The number of aliphatic imine (C=N–C) groups is 1. The lowest BCUT2D eigenvalue weighted by Crippen LogP contribution is -1.89. The van der Waals surface area contributed by atoms with Gasteiger partial charge in [-0.25, -0.2) is 0 Å². The van der Waals surface area contributed by atoms with Crippen molar-refractivity contribution in [2.45, 2.75) is 20.3 Å². The Hall–Kier alpha value is -3.94. The molecule has 0 unspecified atom stereocenters. The van der Waals surface area contributed by atoms with E-state index in [0.717, 1.165) is 34.4 Å². The smallest absolute Gasteiger partial charge is 0.0740 e. The van der Waals surface area contributed by atoms with E-state index in [1.165, 1.54) is 21.9 Å². The van der Waals surface area contributed by atoms with Gasteiger partial charge in [-0.3, -0.25) is 0 Å². The maximum atomic E-state index is 4.64. The SMILES string of the molecule is CCc1cc(C#Cc2ccc3cc(C)ccc3c2)ccc1C#Cc1ccc(N=C=S)cc1. The number of isothiocyanates is 1. The number of hydrogen-bond acceptors (Lipinski definition) is 2. The van der Waals surface area contributed by atoms with Crippen LogP contribution in [0.15, 0.2) is 83.9 Å². The van der Waals surface area contributed by atoms with Crippen LogP contribution in [-0.4, -0.2) is 5.16 Å². The topological polar surface area (TPSA) is 12.4 Å². The van der Waals surface area contributed by atoms with Crippen molar-refractivity contribution in [1.29, 1.82) is 0 Å². The van der Waals surface area contributed by atoms with Crippen molar-refractivity contribution in [3.63, 3.8) is 0 Å². The number of benzene rings is 4. The molecular formula is C30H21NS. The molecule has 0 bridgehead atoms. The fourth-order valence-corrected chi connectivity index (χ4v) is 3.59. The van der Waals surface area contributed by atoms with E-state index in [-0.39, 0.29) is 0 Å². The van der Waals surface area contributed by atoms with Crippen LogP contribution >= 0.6 is 12.2 Å². The van der Waals surface area contributed by atoms with Gasteiger partial charge in [0.25, 0.3) is 0 Å². The van der Waals surface area contributed by atoms with Crippen molar-refractivity contribution in [3.05, 3.63) is 112 Å². The number of thiocarbonyl (C=S) groups is 1. The van der Waals surface area contributed by atoms with Crippen molar-refractivity contribution in [2.75, 3.05) is 0 Å². The minimum Gasteiger partial charge on any atom is -0.195 e. The van der Waals surface area contributed by atoms with E-state index in [4.69, 9.17) is 0 Å². The summed E-state index contributed by atoms with van der Waals surface area (Å²) in [6, 6.07) is 26.7. The van der Waals surface area contributed by atoms with Crippen LogP contribution in [0.1, 0.15) is 40.3 Å². The average Bonchev–Trinajstić information content (AvgIpc) is 2.82. The normalized spacial score (nSPS) is 9.81. The van der Waals surface area contributed by atoms with Gasteiger partial charge in [-0.15, -0.1) is 0 Å². The van der Waals surface area contributed by atoms with Crippen molar-refractivity contribution in [2.24, 2.45) is 4.99 Å². The minimum absolute atomic E-state index is 0.782. The molecule has 4 aromatic carbocycles. The Morgan fingerprint density at radius 1 is 0.688 bits per heavy atom. The molecule has 152 valence electrons. The Balaban J connectivity index is 1.57. The molecule has 0 aliphatic carbocycles. The van der Waals surface area contributed by atoms with Crippen molar-refractivity contribution in [1.82, 2.24) is 0 Å². The van der Waals surface area contributed by atoms with Gasteiger partial charge in [0.05, 0.1) is 10.8 Å². The second-order valence-electron chi connectivity index (χ2n) is 7.54. The Morgan fingerprint density at radius 3 is 2.06 bits per heavy atom. The largest absolute Gasteiger partial charge is 0.195 e. The molecule has 0 fully saturated rings. The summed E-state index contributed by atoms with van der Waals surface area (Å²) in [5, 5.41) is 4.83. The van der Waals surface area contributed by atoms with E-state index >= 15 is 0 Å². The molecule has 4 rings (SSSR count). The van der Waals surface area contributed by atoms with Crippen molar-refractivity contribution in [3.8, 4) is 23.7 Å². The molecule has 2 heteroatoms. The fourth-order valence-electron chi connectivity index (χ4n) is 3.48. The highest BCUT2D eigenvalue weighted by molar-refractivity contribution is 7.78. The van der Waals surface area contributed by atoms with Gasteiger partial charge in [-0.1, -0.05) is 60.4 Å². The van der Waals surface area contributed by atoms with Gasteiger partial charge in [0.2, 0.25) is 0 Å². The third-order valence-corrected chi connectivity index (χ3v) is 5.31. The van der Waals surface area contributed by atoms with Gasteiger partial charge < -0.3 is 0 Å². The number of hydrogen-bond donors (Lipinski definition) is 0. The molecule has 0 spiro atoms. The molecule has 32 heavy (non-hydrogen) atoms. The molecule has 0 atom stereocenters. The summed E-state index contributed by atoms with van der Waals surface area (Å²) in [5.41, 5.74) is 7.22. The summed E-state index contributed by atoms with van der Waals surface area (Å²) in [6.07, 6.45) is 0.900. The standard InChI is InChI=1S/C30H21NS/c1-3-26-19-24(5-6-25-9-15-28-18-22(2)4-12-29(28)20-25)8-14-27(26)13-7-23-10-16-30(17-11-23)31-21-32/h4,8-12,14-20H,3H2,1-2H3. The fraction of sp³-hybridized carbons (Fsp3) is 0.100. The Labute approximate surface area is 194 Å². The van der Waals surface area contributed by atoms with E-state index in [1.54, 1.807) is 0 Å². The zero-order chi connectivity index (χ0) is 22.3. The molecule has 0 aliphatic rings. The van der Waals surface area contributed by atoms with E-state index in [2.05, 4.69) is 108 Å². The number of fused-ring (bicyclic) bond motifs is 1. The maximum absolute atomic E-state index is 4.64. The summed E-state index contributed by atoms with van der Waals surface area (Å²) >= 11 is 4.64. The quantitative estimate of drug-likeness (QED) is 0.186. The highest BCUT2D eigenvalue weighted by Gasteiger charge is 2.00. The number of aryl methyl sites for hydroxylation is 2. The van der Waals surface area contributed by atoms with E-state index in [0.29, 0.717) is 0 Å². The van der Waals surface area contributed by atoms with Crippen LogP contribution < -0.4 is 0 Å². The lowest BCUT2D eigenvalue weighted by Gasteiger charge is -2.02. The average molecular weight is 428 g/mol. The molecule has 1 nitrogen and oxygen atoms in total. The molecule has 0 aromatic heterocycles. The minimum atomic E-state index is 0.782. The van der Waals surface area contributed by atoms with Crippen molar-refractivity contribution < 1.29 is 0 Å². The van der Waals surface area contributed by atoms with Crippen LogP contribution in [-0.2, 0) is 6.42 Å². The van der Waals surface area contributed by atoms with Crippen LogP contribution in [0.3, 0.4) is 0 Å². The van der Waals surface area contributed by atoms with Gasteiger partial charge in [0, 0.05) is 22.3 Å². The highest BCUT2D eigenvalue weighted by Crippen LogP contribution is 2.18. The Morgan fingerprint density at radius 2 is 1.31 bits per heavy atom. The first kappa shape index (κ1) is 21.3. The lowest BCUT2D eigenvalue weighted by atomic mass is 10.0. The first-order chi connectivity index (χ1) is 15.6. The second kappa shape index (κ2) is 9.91. The Kier molecular flexibility index (Phi) is 6.60. The molecule has 0 saturated carbocycles. The Bertz CT molecular complexity index is 1470. The summed E-state index contributed by atoms with van der Waals surface area (Å²) in [5.74, 6) is 13.1. The molecule has 0 radical (unpaired) electrons. The van der Waals surface area contributed by atoms with Crippen LogP contribution in [0.25, 0.3) is 10.8 Å². The summed E-state index contributed by atoms with van der Waals surface area (Å²) < 4.78 is 0. The van der Waals surface area contributed by atoms with Crippen LogP contribution in [0.4, 0.5) is 5.69 Å². The van der Waals surface area contributed by atoms with Crippen LogP contribution in [0.2, 0.25) is 0 Å². The monoisotopic (exact) mass is 427 g/mol. The van der Waals surface area contributed by atoms with Crippen LogP contribution in [0.5, 0.6) is 0 Å². The third-order valence-electron chi connectivity index (χ3n) is 5.22. The maximum Gasteiger partial charge on any atom is 0.0740 e. The molecule has 0 N–H and O–H groups in total. The van der Waals surface area contributed by atoms with Gasteiger partial charge in [-0.2, -0.15) is 4.99 Å². The zero-order valence-electron chi connectivity index (χ0n) is 18.1. The molecule has 0 amide bonds. The first-order valence-electron chi connectivity index (χ1n) is 10.5. The molecule has 0 aliphatic heterocycles. The third kappa shape index (κ3) is 5.21. The number of nitrogens with zero attached hydrogens (tertiary/aromatic N) is 1. The van der Waals surface area contributed by atoms with E-state index in [9.17, 15) is 0 Å². The lowest BCUT2D eigenvalue weighted by molar-refractivity contribution is 1.13. The highest BCUT2D eigenvalue weighted by atomic mass is 32.1. The molecular weight excluding hydrogens is 406 g/mol. The van der Waals surface area contributed by atoms with Crippen LogP contribution in [0, 0.1) is 30.6 Å². The summed E-state index contributed by atoms with van der Waals surface area (Å²) in [4.78, 5) is 3.96. The van der Waals surface area contributed by atoms with Gasteiger partial charge in [0.1, 0.15) is 0 Å². The van der Waals surface area contributed by atoms with E-state index < -0.39 is 0 Å². The van der Waals surface area contributed by atoms with Gasteiger partial charge >= 0.3 is 0 Å². The molecule has 0 saturated heterocycles. The van der Waals surface area contributed by atoms with Gasteiger partial charge in [0.15, 0.2) is 0 Å². The van der Waals surface area contributed by atoms with E-state index in [1.807, 2.05) is 30.3 Å².